The zero-order valence-corrected chi connectivity index (χ0v) is 11.0. The maximum atomic E-state index is 12.4. The predicted molar refractivity (Wildman–Crippen MR) is 72.1 cm³/mol. The van der Waals surface area contributed by atoms with Crippen molar-refractivity contribution in [3.63, 3.8) is 0 Å². The quantitative estimate of drug-likeness (QED) is 0.369. The number of hydrogen-bond donors (Lipinski definition) is 0. The molecule has 0 bridgehead atoms. The fraction of sp³-hybridized carbons (Fsp3) is 0.0714. The van der Waals surface area contributed by atoms with Crippen LogP contribution in [0.3, 0.4) is 0 Å². The van der Waals surface area contributed by atoms with Gasteiger partial charge in [-0.25, -0.2) is 4.79 Å². The van der Waals surface area contributed by atoms with Crippen LogP contribution < -0.4 is 0 Å². The maximum Gasteiger partial charge on any atom is 0.345 e. The number of rotatable bonds is 4. The Hall–Kier alpha value is -3.09. The molecular weight excluding hydrogens is 276 g/mol. The van der Waals surface area contributed by atoms with E-state index in [1.54, 1.807) is 12.1 Å². The lowest BCUT2D eigenvalue weighted by Crippen LogP contribution is -2.14. The average molecular weight is 286 g/mol. The molecule has 0 radical (unpaired) electrons. The molecule has 21 heavy (non-hydrogen) atoms. The highest BCUT2D eigenvalue weighted by atomic mass is 16.6. The number of methoxy groups -OCH3 is 1. The summed E-state index contributed by atoms with van der Waals surface area (Å²) >= 11 is 0. The minimum absolute atomic E-state index is 0.0863. The van der Waals surface area contributed by atoms with Crippen LogP contribution in [0.2, 0.25) is 0 Å². The first-order chi connectivity index (χ1) is 10.1. The zero-order chi connectivity index (χ0) is 15.4. The lowest BCUT2D eigenvalue weighted by atomic mass is 9.99. The van der Waals surface area contributed by atoms with E-state index in [0.717, 1.165) is 13.2 Å². The van der Waals surface area contributed by atoms with Crippen LogP contribution in [0.1, 0.15) is 26.4 Å². The molecule has 2 aromatic rings. The Bertz CT molecular complexity index is 713. The molecule has 0 spiro atoms. The van der Waals surface area contributed by atoms with Crippen LogP contribution in [-0.4, -0.2) is 28.8 Å². The molecule has 106 valence electrons. The number of carbonyl (C=O) groups excluding carboxylic acids is 2. The summed E-state index contributed by atoms with van der Waals surface area (Å²) in [6.07, 6.45) is 1.42. The molecule has 0 saturated heterocycles. The molecule has 0 fully saturated rings. The van der Waals surface area contributed by atoms with E-state index >= 15 is 0 Å². The number of aromatic nitrogens is 1. The van der Waals surface area contributed by atoms with Crippen molar-refractivity contribution in [3.8, 4) is 0 Å². The molecule has 1 aromatic heterocycles. The van der Waals surface area contributed by atoms with E-state index in [-0.39, 0.29) is 16.8 Å². The van der Waals surface area contributed by atoms with E-state index in [1.807, 2.05) is 0 Å². The highest BCUT2D eigenvalue weighted by Gasteiger charge is 2.28. The van der Waals surface area contributed by atoms with E-state index in [9.17, 15) is 19.7 Å². The van der Waals surface area contributed by atoms with Crippen molar-refractivity contribution in [2.45, 2.75) is 0 Å². The minimum Gasteiger partial charge on any atom is -0.465 e. The maximum absolute atomic E-state index is 12.4. The first kappa shape index (κ1) is 14.3. The lowest BCUT2D eigenvalue weighted by Gasteiger charge is -2.07. The number of ketones is 1. The van der Waals surface area contributed by atoms with Crippen molar-refractivity contribution in [1.82, 2.24) is 4.98 Å². The summed E-state index contributed by atoms with van der Waals surface area (Å²) in [7, 11) is 1.09. The van der Waals surface area contributed by atoms with Gasteiger partial charge in [0.2, 0.25) is 5.78 Å². The van der Waals surface area contributed by atoms with Crippen molar-refractivity contribution in [3.05, 3.63) is 69.5 Å². The zero-order valence-electron chi connectivity index (χ0n) is 11.0. The molecular formula is C14H10N2O5. The number of esters is 1. The summed E-state index contributed by atoms with van der Waals surface area (Å²) in [5.41, 5.74) is -0.887. The van der Waals surface area contributed by atoms with Gasteiger partial charge < -0.3 is 4.74 Å². The fourth-order valence-corrected chi connectivity index (χ4v) is 1.83. The molecule has 0 N–H and O–H groups in total. The van der Waals surface area contributed by atoms with Gasteiger partial charge in [0.1, 0.15) is 11.3 Å². The molecule has 0 aliphatic heterocycles. The average Bonchev–Trinajstić information content (AvgIpc) is 2.53. The number of pyridine rings is 1. The van der Waals surface area contributed by atoms with Crippen molar-refractivity contribution in [2.24, 2.45) is 0 Å². The third-order valence-electron chi connectivity index (χ3n) is 2.77. The van der Waals surface area contributed by atoms with Crippen LogP contribution in [0.15, 0.2) is 42.6 Å². The van der Waals surface area contributed by atoms with E-state index < -0.39 is 22.4 Å². The molecule has 0 aliphatic carbocycles. The number of ether oxygens (including phenoxy) is 1. The smallest absolute Gasteiger partial charge is 0.345 e. The third-order valence-corrected chi connectivity index (χ3v) is 2.77. The van der Waals surface area contributed by atoms with E-state index in [2.05, 4.69) is 9.72 Å². The Labute approximate surface area is 119 Å². The summed E-state index contributed by atoms with van der Waals surface area (Å²) in [6, 6.07) is 8.50. The van der Waals surface area contributed by atoms with Crippen molar-refractivity contribution < 1.29 is 19.2 Å². The number of nitro benzene ring substituents is 1. The molecule has 1 heterocycles. The van der Waals surface area contributed by atoms with Gasteiger partial charge in [-0.15, -0.1) is 0 Å². The molecule has 0 atom stereocenters. The number of carbonyl (C=O) groups is 2. The molecule has 2 rings (SSSR count). The van der Waals surface area contributed by atoms with Gasteiger partial charge in [-0.2, -0.15) is 0 Å². The Morgan fingerprint density at radius 2 is 1.95 bits per heavy atom. The second kappa shape index (κ2) is 5.91. The largest absolute Gasteiger partial charge is 0.465 e. The van der Waals surface area contributed by atoms with Gasteiger partial charge in [-0.1, -0.05) is 12.1 Å². The molecule has 0 amide bonds. The molecule has 0 saturated carbocycles. The standard InChI is InChI=1S/C14H10N2O5/c1-21-14(18)12-9(5-4-7-11(12)16(19)20)13(17)10-6-2-3-8-15-10/h2-8H,1H3. The summed E-state index contributed by atoms with van der Waals surface area (Å²) in [5, 5.41) is 11.0. The Morgan fingerprint density at radius 1 is 1.19 bits per heavy atom. The van der Waals surface area contributed by atoms with Crippen LogP contribution in [0.5, 0.6) is 0 Å². The normalized spacial score (nSPS) is 9.95. The van der Waals surface area contributed by atoms with E-state index in [0.29, 0.717) is 0 Å². The fourth-order valence-electron chi connectivity index (χ4n) is 1.83. The predicted octanol–water partition coefficient (Wildman–Crippen LogP) is 2.01. The van der Waals surface area contributed by atoms with Crippen molar-refractivity contribution in [1.29, 1.82) is 0 Å². The number of benzene rings is 1. The second-order valence-corrected chi connectivity index (χ2v) is 3.99. The molecule has 1 aromatic carbocycles. The Balaban J connectivity index is 2.64. The Kier molecular flexibility index (Phi) is 4.03. The number of nitro groups is 1. The van der Waals surface area contributed by atoms with Crippen LogP contribution >= 0.6 is 0 Å². The first-order valence-corrected chi connectivity index (χ1v) is 5.87. The Morgan fingerprint density at radius 3 is 2.52 bits per heavy atom. The van der Waals surface area contributed by atoms with Crippen LogP contribution in [0.25, 0.3) is 0 Å². The van der Waals surface area contributed by atoms with Gasteiger partial charge >= 0.3 is 5.97 Å². The van der Waals surface area contributed by atoms with Crippen LogP contribution in [0, 0.1) is 10.1 Å². The SMILES string of the molecule is COC(=O)c1c(C(=O)c2ccccn2)cccc1[N+](=O)[O-]. The molecule has 0 unspecified atom stereocenters. The topological polar surface area (TPSA) is 99.4 Å². The molecule has 0 aliphatic rings. The summed E-state index contributed by atoms with van der Waals surface area (Å²) in [4.78, 5) is 38.3. The van der Waals surface area contributed by atoms with Gasteiger partial charge in [-0.05, 0) is 18.2 Å². The lowest BCUT2D eigenvalue weighted by molar-refractivity contribution is -0.385. The van der Waals surface area contributed by atoms with Crippen molar-refractivity contribution in [2.75, 3.05) is 7.11 Å². The van der Waals surface area contributed by atoms with Gasteiger partial charge in [0.25, 0.3) is 5.69 Å². The van der Waals surface area contributed by atoms with Crippen molar-refractivity contribution >= 4 is 17.4 Å². The van der Waals surface area contributed by atoms with E-state index in [4.69, 9.17) is 0 Å². The van der Waals surface area contributed by atoms with Gasteiger partial charge in [0, 0.05) is 17.8 Å². The molecule has 7 heteroatoms. The van der Waals surface area contributed by atoms with Gasteiger partial charge in [-0.3, -0.25) is 19.9 Å². The second-order valence-electron chi connectivity index (χ2n) is 3.99. The highest BCUT2D eigenvalue weighted by Crippen LogP contribution is 2.25. The van der Waals surface area contributed by atoms with Gasteiger partial charge in [0.15, 0.2) is 0 Å². The summed E-state index contributed by atoms with van der Waals surface area (Å²) in [6.45, 7) is 0. The highest BCUT2D eigenvalue weighted by molar-refractivity contribution is 6.15. The van der Waals surface area contributed by atoms with E-state index in [1.165, 1.54) is 24.4 Å². The first-order valence-electron chi connectivity index (χ1n) is 5.87. The molecule has 7 nitrogen and oxygen atoms in total. The summed E-state index contributed by atoms with van der Waals surface area (Å²) < 4.78 is 4.54. The summed E-state index contributed by atoms with van der Waals surface area (Å²) in [5.74, 6) is -1.53. The third kappa shape index (κ3) is 2.76. The van der Waals surface area contributed by atoms with Crippen LogP contribution in [0.4, 0.5) is 5.69 Å². The number of nitrogens with zero attached hydrogens (tertiary/aromatic N) is 2. The van der Waals surface area contributed by atoms with Crippen LogP contribution in [-0.2, 0) is 4.74 Å². The minimum atomic E-state index is -0.943. The number of hydrogen-bond acceptors (Lipinski definition) is 6. The van der Waals surface area contributed by atoms with Gasteiger partial charge in [0.05, 0.1) is 12.0 Å². The monoisotopic (exact) mass is 286 g/mol.